The minimum absolute atomic E-state index is 0.223. The molecule has 0 spiro atoms. The molecule has 0 aromatic heterocycles. The molecule has 0 saturated carbocycles. The highest BCUT2D eigenvalue weighted by Crippen LogP contribution is 2.24. The number of fused-ring (bicyclic) bond motifs is 1. The van der Waals surface area contributed by atoms with E-state index in [2.05, 4.69) is 36.8 Å². The maximum Gasteiger partial charge on any atom is 0.332 e. The molecular weight excluding hydrogens is 326 g/mol. The Bertz CT molecular complexity index is 722. The number of esters is 1. The first-order chi connectivity index (χ1) is 11.8. The van der Waals surface area contributed by atoms with Gasteiger partial charge in [0.15, 0.2) is 6.61 Å². The third kappa shape index (κ3) is 6.09. The highest BCUT2D eigenvalue weighted by Gasteiger charge is 2.23. The molecule has 0 heterocycles. The highest BCUT2D eigenvalue weighted by atomic mass is 19.3. The average molecular weight is 350 g/mol. The van der Waals surface area contributed by atoms with Gasteiger partial charge in [-0.15, -0.1) is 0 Å². The second kappa shape index (κ2) is 8.39. The molecule has 0 bridgehead atoms. The van der Waals surface area contributed by atoms with Crippen molar-refractivity contribution in [1.29, 1.82) is 0 Å². The SMILES string of the molecule is CCC(C)c1ccc2cc(COCC(=O)OCC(C)(F)F)ccc2c1. The van der Waals surface area contributed by atoms with Crippen molar-refractivity contribution >= 4 is 16.7 Å². The van der Waals surface area contributed by atoms with Gasteiger partial charge in [0.1, 0.15) is 6.61 Å². The van der Waals surface area contributed by atoms with Crippen molar-refractivity contribution in [2.75, 3.05) is 13.2 Å². The fourth-order valence-corrected chi connectivity index (χ4v) is 2.45. The first-order valence-corrected chi connectivity index (χ1v) is 8.42. The van der Waals surface area contributed by atoms with Crippen LogP contribution in [0.2, 0.25) is 0 Å². The number of halogens is 2. The van der Waals surface area contributed by atoms with Gasteiger partial charge in [-0.25, -0.2) is 13.6 Å². The van der Waals surface area contributed by atoms with Crippen molar-refractivity contribution < 1.29 is 23.0 Å². The Hall–Kier alpha value is -2.01. The summed E-state index contributed by atoms with van der Waals surface area (Å²) in [7, 11) is 0. The molecule has 0 aliphatic rings. The molecule has 2 aromatic carbocycles. The fraction of sp³-hybridized carbons (Fsp3) is 0.450. The third-order valence-electron chi connectivity index (χ3n) is 4.09. The molecule has 0 radical (unpaired) electrons. The lowest BCUT2D eigenvalue weighted by atomic mass is 9.95. The number of rotatable bonds is 8. The largest absolute Gasteiger partial charge is 0.458 e. The second-order valence-corrected chi connectivity index (χ2v) is 6.47. The van der Waals surface area contributed by atoms with E-state index in [1.54, 1.807) is 0 Å². The number of hydrogen-bond donors (Lipinski definition) is 0. The van der Waals surface area contributed by atoms with E-state index in [-0.39, 0.29) is 13.2 Å². The van der Waals surface area contributed by atoms with Crippen molar-refractivity contribution in [3.8, 4) is 0 Å². The highest BCUT2D eigenvalue weighted by molar-refractivity contribution is 5.84. The zero-order chi connectivity index (χ0) is 18.4. The lowest BCUT2D eigenvalue weighted by Crippen LogP contribution is -2.23. The van der Waals surface area contributed by atoms with E-state index in [1.807, 2.05) is 18.2 Å². The van der Waals surface area contributed by atoms with Crippen molar-refractivity contribution in [3.05, 3.63) is 47.5 Å². The van der Waals surface area contributed by atoms with Crippen LogP contribution in [0.3, 0.4) is 0 Å². The predicted molar refractivity (Wildman–Crippen MR) is 93.9 cm³/mol. The molecule has 1 unspecified atom stereocenters. The summed E-state index contributed by atoms with van der Waals surface area (Å²) in [4.78, 5) is 11.3. The van der Waals surface area contributed by atoms with Gasteiger partial charge in [0.05, 0.1) is 6.61 Å². The fourth-order valence-electron chi connectivity index (χ4n) is 2.45. The molecule has 5 heteroatoms. The van der Waals surface area contributed by atoms with E-state index in [1.165, 1.54) is 5.56 Å². The number of alkyl halides is 2. The quantitative estimate of drug-likeness (QED) is 0.624. The molecule has 0 aliphatic heterocycles. The number of ether oxygens (including phenoxy) is 2. The summed E-state index contributed by atoms with van der Waals surface area (Å²) < 4.78 is 34.9. The molecule has 0 aliphatic carbocycles. The van der Waals surface area contributed by atoms with Crippen LogP contribution in [-0.2, 0) is 20.9 Å². The maximum absolute atomic E-state index is 12.6. The molecule has 2 rings (SSSR count). The predicted octanol–water partition coefficient (Wildman–Crippen LogP) is 5.07. The van der Waals surface area contributed by atoms with Gasteiger partial charge in [-0.05, 0) is 40.3 Å². The van der Waals surface area contributed by atoms with E-state index in [9.17, 15) is 13.6 Å². The lowest BCUT2D eigenvalue weighted by Gasteiger charge is -2.12. The Balaban J connectivity index is 1.90. The van der Waals surface area contributed by atoms with Crippen LogP contribution >= 0.6 is 0 Å². The van der Waals surface area contributed by atoms with E-state index in [0.29, 0.717) is 12.8 Å². The normalized spacial score (nSPS) is 13.0. The summed E-state index contributed by atoms with van der Waals surface area (Å²) in [6, 6.07) is 12.4. The number of benzene rings is 2. The minimum atomic E-state index is -3.03. The Morgan fingerprint density at radius 3 is 2.52 bits per heavy atom. The van der Waals surface area contributed by atoms with Crippen molar-refractivity contribution in [1.82, 2.24) is 0 Å². The first-order valence-electron chi connectivity index (χ1n) is 8.42. The Kier molecular flexibility index (Phi) is 6.48. The summed E-state index contributed by atoms with van der Waals surface area (Å²) in [5, 5.41) is 2.26. The number of hydrogen-bond acceptors (Lipinski definition) is 3. The number of carbonyl (C=O) groups excluding carboxylic acids is 1. The molecule has 1 atom stereocenters. The van der Waals surface area contributed by atoms with Crippen molar-refractivity contribution in [3.63, 3.8) is 0 Å². The monoisotopic (exact) mass is 350 g/mol. The van der Waals surface area contributed by atoms with Gasteiger partial charge in [0.25, 0.3) is 5.92 Å². The number of carbonyl (C=O) groups is 1. The van der Waals surface area contributed by atoms with Gasteiger partial charge < -0.3 is 9.47 Å². The summed E-state index contributed by atoms with van der Waals surface area (Å²) in [6.07, 6.45) is 1.09. The van der Waals surface area contributed by atoms with Crippen LogP contribution in [0.1, 0.15) is 44.2 Å². The molecule has 0 amide bonds. The van der Waals surface area contributed by atoms with Gasteiger partial charge in [-0.3, -0.25) is 0 Å². The Morgan fingerprint density at radius 2 is 1.84 bits per heavy atom. The summed E-state index contributed by atoms with van der Waals surface area (Å²) >= 11 is 0. The Morgan fingerprint density at radius 1 is 1.16 bits per heavy atom. The van der Waals surface area contributed by atoms with Gasteiger partial charge in [-0.1, -0.05) is 44.2 Å². The van der Waals surface area contributed by atoms with Crippen LogP contribution in [0.4, 0.5) is 8.78 Å². The third-order valence-corrected chi connectivity index (χ3v) is 4.09. The lowest BCUT2D eigenvalue weighted by molar-refractivity contribution is -0.159. The maximum atomic E-state index is 12.6. The average Bonchev–Trinajstić information content (AvgIpc) is 2.58. The van der Waals surface area contributed by atoms with Crippen LogP contribution in [0, 0.1) is 0 Å². The molecule has 0 saturated heterocycles. The van der Waals surface area contributed by atoms with Gasteiger partial charge in [0, 0.05) is 6.92 Å². The van der Waals surface area contributed by atoms with Crippen molar-refractivity contribution in [2.24, 2.45) is 0 Å². The van der Waals surface area contributed by atoms with Crippen LogP contribution in [-0.4, -0.2) is 25.1 Å². The van der Waals surface area contributed by atoms with E-state index < -0.39 is 18.5 Å². The molecule has 3 nitrogen and oxygen atoms in total. The van der Waals surface area contributed by atoms with Crippen LogP contribution in [0.15, 0.2) is 36.4 Å². The minimum Gasteiger partial charge on any atom is -0.458 e. The zero-order valence-corrected chi connectivity index (χ0v) is 14.9. The van der Waals surface area contributed by atoms with Gasteiger partial charge >= 0.3 is 5.97 Å². The molecule has 25 heavy (non-hydrogen) atoms. The Labute approximate surface area is 146 Å². The second-order valence-electron chi connectivity index (χ2n) is 6.47. The zero-order valence-electron chi connectivity index (χ0n) is 14.9. The van der Waals surface area contributed by atoms with Gasteiger partial charge in [-0.2, -0.15) is 0 Å². The first kappa shape index (κ1) is 19.3. The molecule has 0 fully saturated rings. The molecule has 136 valence electrons. The smallest absolute Gasteiger partial charge is 0.332 e. The van der Waals surface area contributed by atoms with Crippen LogP contribution in [0.25, 0.3) is 10.8 Å². The molecular formula is C20H24F2O3. The summed E-state index contributed by atoms with van der Waals surface area (Å²) in [5.41, 5.74) is 2.23. The standard InChI is InChI=1S/C20H24F2O3/c1-4-14(2)16-7-8-17-9-15(5-6-18(17)10-16)11-24-12-19(23)25-13-20(3,21)22/h5-10,14H,4,11-13H2,1-3H3. The van der Waals surface area contributed by atoms with Crippen LogP contribution < -0.4 is 0 Å². The summed E-state index contributed by atoms with van der Waals surface area (Å²) in [5.74, 6) is -3.29. The van der Waals surface area contributed by atoms with E-state index in [0.717, 1.165) is 22.8 Å². The van der Waals surface area contributed by atoms with Crippen LogP contribution in [0.5, 0.6) is 0 Å². The topological polar surface area (TPSA) is 35.5 Å². The molecule has 0 N–H and O–H groups in total. The van der Waals surface area contributed by atoms with Gasteiger partial charge in [0.2, 0.25) is 0 Å². The van der Waals surface area contributed by atoms with Crippen molar-refractivity contribution in [2.45, 2.75) is 45.6 Å². The van der Waals surface area contributed by atoms with E-state index >= 15 is 0 Å². The molecule has 2 aromatic rings. The van der Waals surface area contributed by atoms with E-state index in [4.69, 9.17) is 4.74 Å². The summed E-state index contributed by atoms with van der Waals surface area (Å²) in [6.45, 7) is 4.02.